The minimum absolute atomic E-state index is 0.478. The van der Waals surface area contributed by atoms with Gasteiger partial charge in [0.25, 0.3) is 0 Å². The van der Waals surface area contributed by atoms with E-state index in [0.717, 1.165) is 0 Å². The van der Waals surface area contributed by atoms with E-state index in [-0.39, 0.29) is 0 Å². The van der Waals surface area contributed by atoms with Crippen LogP contribution in [0, 0.1) is 0 Å². The van der Waals surface area contributed by atoms with Crippen molar-refractivity contribution in [3.8, 4) is 27.9 Å². The Hall–Kier alpha value is -6.18. The van der Waals surface area contributed by atoms with Crippen molar-refractivity contribution in [3.05, 3.63) is 175 Å². The maximum absolute atomic E-state index is 2.52. The van der Waals surface area contributed by atoms with Gasteiger partial charge in [0.2, 0.25) is 0 Å². The highest BCUT2D eigenvalue weighted by atomic mass is 15.0. The molecule has 0 saturated carbocycles. The lowest BCUT2D eigenvalue weighted by molar-refractivity contribution is 0.869. The molecule has 0 bridgehead atoms. The smallest absolute Gasteiger partial charge is 0.0619 e. The van der Waals surface area contributed by atoms with Crippen LogP contribution in [-0.2, 0) is 0 Å². The Morgan fingerprint density at radius 3 is 1.40 bits per heavy atom. The Balaban J connectivity index is 1.25. The third kappa shape index (κ3) is 4.27. The lowest BCUT2D eigenvalue weighted by atomic mass is 9.86. The summed E-state index contributed by atoms with van der Waals surface area (Å²) in [6.07, 6.45) is 0. The Morgan fingerprint density at radius 2 is 0.820 bits per heavy atom. The second kappa shape index (κ2) is 11.2. The van der Waals surface area contributed by atoms with Crippen molar-refractivity contribution in [2.45, 2.75) is 19.8 Å². The normalized spacial score (nSPS) is 12.0. The third-order valence-corrected chi connectivity index (χ3v) is 10.7. The molecule has 1 aromatic heterocycles. The fraction of sp³-hybridized carbons (Fsp3) is 0.0612. The zero-order valence-corrected chi connectivity index (χ0v) is 28.2. The van der Waals surface area contributed by atoms with Gasteiger partial charge in [0.1, 0.15) is 0 Å². The summed E-state index contributed by atoms with van der Waals surface area (Å²) in [4.78, 5) is 0. The lowest BCUT2D eigenvalue weighted by Gasteiger charge is -2.18. The van der Waals surface area contributed by atoms with E-state index in [2.05, 4.69) is 188 Å². The Labute approximate surface area is 291 Å². The standard InChI is InChI=1S/C49H35N/c1-31(2)35-23-27-39-36(30-35)24-29-45-44-28-22-32-12-6-7-15-38(32)48(44)50(49(39)45)37-25-20-34(21-26-37)47-42-18-10-8-16-40(42)46(33-13-4-3-5-14-33)41-17-9-11-19-43(41)47/h3-31H,1-2H3. The monoisotopic (exact) mass is 637 g/mol. The van der Waals surface area contributed by atoms with Crippen molar-refractivity contribution in [1.82, 2.24) is 4.57 Å². The van der Waals surface area contributed by atoms with Crippen LogP contribution in [0.25, 0.3) is 92.8 Å². The highest BCUT2D eigenvalue weighted by Crippen LogP contribution is 2.45. The van der Waals surface area contributed by atoms with E-state index in [1.54, 1.807) is 0 Å². The largest absolute Gasteiger partial charge is 0.308 e. The molecule has 0 spiro atoms. The van der Waals surface area contributed by atoms with Gasteiger partial charge in [-0.2, -0.15) is 0 Å². The van der Waals surface area contributed by atoms with Crippen molar-refractivity contribution in [3.63, 3.8) is 0 Å². The fourth-order valence-corrected chi connectivity index (χ4v) is 8.37. The van der Waals surface area contributed by atoms with Gasteiger partial charge in [-0.05, 0) is 78.2 Å². The van der Waals surface area contributed by atoms with Gasteiger partial charge in [-0.1, -0.05) is 172 Å². The predicted octanol–water partition coefficient (Wildman–Crippen LogP) is 13.9. The number of hydrogen-bond acceptors (Lipinski definition) is 0. The molecule has 0 unspecified atom stereocenters. The second-order valence-corrected chi connectivity index (χ2v) is 13.9. The van der Waals surface area contributed by atoms with Gasteiger partial charge in [-0.25, -0.2) is 0 Å². The lowest BCUT2D eigenvalue weighted by Crippen LogP contribution is -1.96. The van der Waals surface area contributed by atoms with E-state index in [0.29, 0.717) is 5.92 Å². The Bertz CT molecular complexity index is 2870. The van der Waals surface area contributed by atoms with Crippen LogP contribution in [-0.4, -0.2) is 4.57 Å². The van der Waals surface area contributed by atoms with Crippen LogP contribution in [0.3, 0.4) is 0 Å². The molecule has 0 fully saturated rings. The van der Waals surface area contributed by atoms with Gasteiger partial charge in [0.05, 0.1) is 11.0 Å². The molecule has 236 valence electrons. The van der Waals surface area contributed by atoms with E-state index in [1.807, 2.05) is 0 Å². The number of fused-ring (bicyclic) bond motifs is 9. The van der Waals surface area contributed by atoms with Crippen LogP contribution in [0.2, 0.25) is 0 Å². The summed E-state index contributed by atoms with van der Waals surface area (Å²) >= 11 is 0. The van der Waals surface area contributed by atoms with Gasteiger partial charge in [-0.3, -0.25) is 0 Å². The average molecular weight is 638 g/mol. The molecule has 1 heterocycles. The quantitative estimate of drug-likeness (QED) is 0.169. The summed E-state index contributed by atoms with van der Waals surface area (Å²) in [7, 11) is 0. The first-order chi connectivity index (χ1) is 24.7. The first-order valence-electron chi connectivity index (χ1n) is 17.6. The van der Waals surface area contributed by atoms with Gasteiger partial charge in [-0.15, -0.1) is 0 Å². The maximum Gasteiger partial charge on any atom is 0.0619 e. The Kier molecular flexibility index (Phi) is 6.44. The number of rotatable bonds is 4. The minimum Gasteiger partial charge on any atom is -0.308 e. The van der Waals surface area contributed by atoms with Crippen LogP contribution in [0.1, 0.15) is 25.3 Å². The molecule has 0 aliphatic heterocycles. The van der Waals surface area contributed by atoms with Gasteiger partial charge in [0.15, 0.2) is 0 Å². The van der Waals surface area contributed by atoms with Crippen LogP contribution < -0.4 is 0 Å². The molecular weight excluding hydrogens is 603 g/mol. The molecule has 0 N–H and O–H groups in total. The number of benzene rings is 9. The molecule has 0 aliphatic carbocycles. The van der Waals surface area contributed by atoms with Crippen molar-refractivity contribution < 1.29 is 0 Å². The van der Waals surface area contributed by atoms with Crippen molar-refractivity contribution >= 4 is 64.9 Å². The first-order valence-corrected chi connectivity index (χ1v) is 17.6. The molecule has 0 aliphatic rings. The molecule has 10 aromatic rings. The second-order valence-electron chi connectivity index (χ2n) is 13.9. The summed E-state index contributed by atoms with van der Waals surface area (Å²) in [5, 5.41) is 12.7. The fourth-order valence-electron chi connectivity index (χ4n) is 8.37. The average Bonchev–Trinajstić information content (AvgIpc) is 3.52. The molecule has 9 aromatic carbocycles. The summed E-state index contributed by atoms with van der Waals surface area (Å²) < 4.78 is 2.52. The molecule has 0 amide bonds. The van der Waals surface area contributed by atoms with E-state index in [4.69, 9.17) is 0 Å². The number of nitrogens with zero attached hydrogens (tertiary/aromatic N) is 1. The highest BCUT2D eigenvalue weighted by molar-refractivity contribution is 6.24. The summed E-state index contributed by atoms with van der Waals surface area (Å²) in [5.41, 5.74) is 10.1. The Morgan fingerprint density at radius 1 is 0.360 bits per heavy atom. The zero-order valence-electron chi connectivity index (χ0n) is 28.2. The predicted molar refractivity (Wildman–Crippen MR) is 216 cm³/mol. The van der Waals surface area contributed by atoms with Crippen molar-refractivity contribution in [2.75, 3.05) is 0 Å². The highest BCUT2D eigenvalue weighted by Gasteiger charge is 2.20. The van der Waals surface area contributed by atoms with Gasteiger partial charge >= 0.3 is 0 Å². The third-order valence-electron chi connectivity index (χ3n) is 10.7. The van der Waals surface area contributed by atoms with E-state index in [1.165, 1.54) is 98.4 Å². The molecule has 0 saturated heterocycles. The van der Waals surface area contributed by atoms with Gasteiger partial charge < -0.3 is 4.57 Å². The molecule has 10 rings (SSSR count). The molecule has 1 nitrogen and oxygen atoms in total. The molecule has 50 heavy (non-hydrogen) atoms. The molecule has 0 radical (unpaired) electrons. The van der Waals surface area contributed by atoms with Crippen LogP contribution in [0.15, 0.2) is 170 Å². The van der Waals surface area contributed by atoms with E-state index < -0.39 is 0 Å². The van der Waals surface area contributed by atoms with Crippen LogP contribution >= 0.6 is 0 Å². The first kappa shape index (κ1) is 28.8. The van der Waals surface area contributed by atoms with E-state index in [9.17, 15) is 0 Å². The summed E-state index contributed by atoms with van der Waals surface area (Å²) in [6, 6.07) is 63.0. The topological polar surface area (TPSA) is 4.93 Å². The minimum atomic E-state index is 0.478. The molecular formula is C49H35N. The number of hydrogen-bond donors (Lipinski definition) is 0. The van der Waals surface area contributed by atoms with Crippen molar-refractivity contribution in [1.29, 1.82) is 0 Å². The maximum atomic E-state index is 2.52. The van der Waals surface area contributed by atoms with Crippen molar-refractivity contribution in [2.24, 2.45) is 0 Å². The number of aromatic nitrogens is 1. The summed E-state index contributed by atoms with van der Waals surface area (Å²) in [6.45, 7) is 4.54. The SMILES string of the molecule is CC(C)c1ccc2c(ccc3c4ccc5ccccc5c4n(-c4ccc(-c5c6ccccc6c(-c6ccccc6)c6ccccc56)cc4)c23)c1. The van der Waals surface area contributed by atoms with E-state index >= 15 is 0 Å². The summed E-state index contributed by atoms with van der Waals surface area (Å²) in [5.74, 6) is 0.478. The zero-order chi connectivity index (χ0) is 33.3. The van der Waals surface area contributed by atoms with Crippen LogP contribution in [0.4, 0.5) is 0 Å². The molecule has 0 atom stereocenters. The van der Waals surface area contributed by atoms with Crippen LogP contribution in [0.5, 0.6) is 0 Å². The molecule has 1 heteroatoms. The van der Waals surface area contributed by atoms with Gasteiger partial charge in [0, 0.05) is 27.2 Å².